The SMILES string of the molecule is CC(=O)N1CC(C)Oc2c[nH]c(C(=O)O)c21. The molecule has 6 heteroatoms. The molecule has 2 N–H and O–H groups in total. The predicted octanol–water partition coefficient (Wildman–Crippen LogP) is 0.847. The van der Waals surface area contributed by atoms with Crippen LogP contribution in [0.3, 0.4) is 0 Å². The van der Waals surface area contributed by atoms with Crippen LogP contribution in [0, 0.1) is 0 Å². The Labute approximate surface area is 91.8 Å². The number of carboxylic acids is 1. The number of aromatic amines is 1. The van der Waals surface area contributed by atoms with E-state index in [1.165, 1.54) is 18.0 Å². The zero-order chi connectivity index (χ0) is 11.9. The number of nitrogens with one attached hydrogen (secondary N) is 1. The number of hydrogen-bond donors (Lipinski definition) is 2. The van der Waals surface area contributed by atoms with Crippen LogP contribution in [-0.2, 0) is 4.79 Å². The third-order valence-electron chi connectivity index (χ3n) is 2.45. The van der Waals surface area contributed by atoms with E-state index in [2.05, 4.69) is 4.98 Å². The largest absolute Gasteiger partial charge is 0.485 e. The van der Waals surface area contributed by atoms with Gasteiger partial charge in [0.15, 0.2) is 11.4 Å². The molecule has 86 valence electrons. The summed E-state index contributed by atoms with van der Waals surface area (Å²) in [5.41, 5.74) is 0.301. The highest BCUT2D eigenvalue weighted by atomic mass is 16.5. The van der Waals surface area contributed by atoms with Crippen molar-refractivity contribution in [3.8, 4) is 5.75 Å². The third kappa shape index (κ3) is 1.52. The zero-order valence-electron chi connectivity index (χ0n) is 8.98. The number of carboxylic acid groups (broad SMARTS) is 1. The summed E-state index contributed by atoms with van der Waals surface area (Å²) in [5, 5.41) is 8.97. The molecule has 1 aromatic rings. The summed E-state index contributed by atoms with van der Waals surface area (Å²) in [6.07, 6.45) is 1.32. The number of nitrogens with zero attached hydrogens (tertiary/aromatic N) is 1. The van der Waals surface area contributed by atoms with Crippen LogP contribution in [-0.4, -0.2) is 34.6 Å². The number of fused-ring (bicyclic) bond motifs is 1. The van der Waals surface area contributed by atoms with Gasteiger partial charge in [-0.3, -0.25) is 4.79 Å². The smallest absolute Gasteiger partial charge is 0.354 e. The van der Waals surface area contributed by atoms with Gasteiger partial charge in [0.1, 0.15) is 11.8 Å². The van der Waals surface area contributed by atoms with Gasteiger partial charge in [-0.15, -0.1) is 0 Å². The van der Waals surface area contributed by atoms with Gasteiger partial charge in [0, 0.05) is 13.1 Å². The van der Waals surface area contributed by atoms with Crippen molar-refractivity contribution in [3.05, 3.63) is 11.9 Å². The van der Waals surface area contributed by atoms with Crippen molar-refractivity contribution >= 4 is 17.6 Å². The lowest BCUT2D eigenvalue weighted by molar-refractivity contribution is -0.117. The Morgan fingerprint density at radius 3 is 2.88 bits per heavy atom. The van der Waals surface area contributed by atoms with Crippen LogP contribution < -0.4 is 9.64 Å². The highest BCUT2D eigenvalue weighted by Gasteiger charge is 2.31. The first-order valence-corrected chi connectivity index (χ1v) is 4.90. The Balaban J connectivity index is 2.52. The number of aromatic nitrogens is 1. The first kappa shape index (κ1) is 10.5. The standard InChI is InChI=1S/C10H12N2O4/c1-5-4-12(6(2)13)9-7(16-5)3-11-8(9)10(14)15/h3,5,11H,4H2,1-2H3,(H,14,15). The second-order valence-electron chi connectivity index (χ2n) is 3.74. The van der Waals surface area contributed by atoms with Crippen molar-refractivity contribution in [2.75, 3.05) is 11.4 Å². The van der Waals surface area contributed by atoms with E-state index in [4.69, 9.17) is 9.84 Å². The van der Waals surface area contributed by atoms with Gasteiger partial charge in [0.05, 0.1) is 6.54 Å². The molecule has 1 aromatic heterocycles. The highest BCUT2D eigenvalue weighted by molar-refractivity contribution is 6.02. The average molecular weight is 224 g/mol. The van der Waals surface area contributed by atoms with Crippen LogP contribution in [0.2, 0.25) is 0 Å². The molecular formula is C10H12N2O4. The molecule has 0 radical (unpaired) electrons. The number of carbonyl (C=O) groups is 2. The number of aromatic carboxylic acids is 1. The lowest BCUT2D eigenvalue weighted by atomic mass is 10.2. The Hall–Kier alpha value is -1.98. The molecule has 0 bridgehead atoms. The fourth-order valence-electron chi connectivity index (χ4n) is 1.81. The molecule has 0 aliphatic carbocycles. The summed E-state index contributed by atoms with van der Waals surface area (Å²) in [4.78, 5) is 26.4. The van der Waals surface area contributed by atoms with Gasteiger partial charge in [-0.05, 0) is 6.92 Å². The molecule has 2 rings (SSSR count). The maximum absolute atomic E-state index is 11.4. The Bertz CT molecular complexity index is 452. The summed E-state index contributed by atoms with van der Waals surface area (Å²) >= 11 is 0. The Morgan fingerprint density at radius 2 is 2.31 bits per heavy atom. The molecule has 0 saturated heterocycles. The zero-order valence-corrected chi connectivity index (χ0v) is 8.98. The molecule has 0 aromatic carbocycles. The quantitative estimate of drug-likeness (QED) is 0.740. The van der Waals surface area contributed by atoms with Gasteiger partial charge in [0.25, 0.3) is 0 Å². The first-order chi connectivity index (χ1) is 7.50. The number of carbonyl (C=O) groups excluding carboxylic acids is 1. The number of anilines is 1. The molecule has 16 heavy (non-hydrogen) atoms. The highest BCUT2D eigenvalue weighted by Crippen LogP contribution is 2.36. The first-order valence-electron chi connectivity index (χ1n) is 4.90. The van der Waals surface area contributed by atoms with Crippen molar-refractivity contribution < 1.29 is 19.4 Å². The van der Waals surface area contributed by atoms with E-state index in [0.29, 0.717) is 18.0 Å². The van der Waals surface area contributed by atoms with Crippen LogP contribution in [0.15, 0.2) is 6.20 Å². The predicted molar refractivity (Wildman–Crippen MR) is 55.9 cm³/mol. The van der Waals surface area contributed by atoms with Gasteiger partial charge >= 0.3 is 5.97 Å². The lowest BCUT2D eigenvalue weighted by Gasteiger charge is -2.31. The molecule has 1 aliphatic rings. The fraction of sp³-hybridized carbons (Fsp3) is 0.400. The molecular weight excluding hydrogens is 212 g/mol. The topological polar surface area (TPSA) is 82.6 Å². The van der Waals surface area contributed by atoms with Crippen LogP contribution in [0.1, 0.15) is 24.3 Å². The minimum atomic E-state index is -1.11. The van der Waals surface area contributed by atoms with E-state index in [-0.39, 0.29) is 17.7 Å². The van der Waals surface area contributed by atoms with Gasteiger partial charge in [0.2, 0.25) is 5.91 Å². The van der Waals surface area contributed by atoms with Crippen molar-refractivity contribution in [2.45, 2.75) is 20.0 Å². The molecule has 2 heterocycles. The normalized spacial score (nSPS) is 18.9. The van der Waals surface area contributed by atoms with Gasteiger partial charge < -0.3 is 19.7 Å². The van der Waals surface area contributed by atoms with Crippen molar-refractivity contribution in [2.24, 2.45) is 0 Å². The minimum Gasteiger partial charge on any atom is -0.485 e. The van der Waals surface area contributed by atoms with Crippen molar-refractivity contribution in [3.63, 3.8) is 0 Å². The number of hydrogen-bond acceptors (Lipinski definition) is 3. The number of ether oxygens (including phenoxy) is 1. The van der Waals surface area contributed by atoms with E-state index >= 15 is 0 Å². The summed E-state index contributed by atoms with van der Waals surface area (Å²) in [5.74, 6) is -0.893. The van der Waals surface area contributed by atoms with Crippen LogP contribution in [0.5, 0.6) is 5.75 Å². The molecule has 1 aliphatic heterocycles. The molecule has 1 unspecified atom stereocenters. The van der Waals surface area contributed by atoms with Gasteiger partial charge in [-0.2, -0.15) is 0 Å². The number of rotatable bonds is 1. The Kier molecular flexibility index (Phi) is 2.34. The van der Waals surface area contributed by atoms with Crippen LogP contribution in [0.4, 0.5) is 5.69 Å². The van der Waals surface area contributed by atoms with E-state index in [1.807, 2.05) is 6.92 Å². The van der Waals surface area contributed by atoms with E-state index < -0.39 is 5.97 Å². The Morgan fingerprint density at radius 1 is 1.62 bits per heavy atom. The number of H-pyrrole nitrogens is 1. The summed E-state index contributed by atoms with van der Waals surface area (Å²) in [6.45, 7) is 3.59. The molecule has 0 fully saturated rings. The average Bonchev–Trinajstić information content (AvgIpc) is 2.59. The fourth-order valence-corrected chi connectivity index (χ4v) is 1.81. The summed E-state index contributed by atoms with van der Waals surface area (Å²) < 4.78 is 5.45. The maximum Gasteiger partial charge on any atom is 0.354 e. The van der Waals surface area contributed by atoms with Gasteiger partial charge in [-0.25, -0.2) is 4.79 Å². The molecule has 1 amide bonds. The monoisotopic (exact) mass is 224 g/mol. The second-order valence-corrected chi connectivity index (χ2v) is 3.74. The second kappa shape index (κ2) is 3.55. The van der Waals surface area contributed by atoms with Gasteiger partial charge in [-0.1, -0.05) is 0 Å². The van der Waals surface area contributed by atoms with Crippen LogP contribution >= 0.6 is 0 Å². The molecule has 0 spiro atoms. The van der Waals surface area contributed by atoms with Crippen molar-refractivity contribution in [1.29, 1.82) is 0 Å². The third-order valence-corrected chi connectivity index (χ3v) is 2.45. The van der Waals surface area contributed by atoms with E-state index in [1.54, 1.807) is 0 Å². The summed E-state index contributed by atoms with van der Waals surface area (Å²) in [6, 6.07) is 0. The van der Waals surface area contributed by atoms with Crippen LogP contribution in [0.25, 0.3) is 0 Å². The summed E-state index contributed by atoms with van der Waals surface area (Å²) in [7, 11) is 0. The molecule has 0 saturated carbocycles. The van der Waals surface area contributed by atoms with Crippen molar-refractivity contribution in [1.82, 2.24) is 4.98 Å². The molecule has 1 atom stereocenters. The molecule has 6 nitrogen and oxygen atoms in total. The minimum absolute atomic E-state index is 0.0166. The lowest BCUT2D eigenvalue weighted by Crippen LogP contribution is -2.41. The van der Waals surface area contributed by atoms with E-state index in [9.17, 15) is 9.59 Å². The maximum atomic E-state index is 11.4. The number of amides is 1. The van der Waals surface area contributed by atoms with E-state index in [0.717, 1.165) is 0 Å².